The molecule has 4 rings (SSSR count). The molecule has 0 amide bonds. The number of ether oxygens (including phenoxy) is 2. The van der Waals surface area contributed by atoms with Crippen LogP contribution in [0, 0.1) is 10.8 Å². The number of nitrogens with zero attached hydrogens (tertiary/aromatic N) is 2. The number of rotatable bonds is 4. The van der Waals surface area contributed by atoms with E-state index in [1.807, 2.05) is 54.6 Å². The van der Waals surface area contributed by atoms with Crippen LogP contribution >= 0.6 is 11.6 Å². The number of hydrogen-bond donors (Lipinski definition) is 0. The van der Waals surface area contributed by atoms with Crippen LogP contribution in [0.4, 0.5) is 0 Å². The lowest BCUT2D eigenvalue weighted by atomic mass is 9.72. The molecule has 2 aromatic carbocycles. The van der Waals surface area contributed by atoms with Crippen molar-refractivity contribution < 1.29 is 14.3 Å². The summed E-state index contributed by atoms with van der Waals surface area (Å²) in [5, 5.41) is 0.580. The number of halogens is 1. The highest BCUT2D eigenvalue weighted by Gasteiger charge is 2.35. The number of aliphatic imine (C=N–C) groups is 2. The number of Topliss-reactive ketones (excluding diaryl/α,β-unsaturated/α-hetero) is 1. The first kappa shape index (κ1) is 26.6. The molecule has 37 heavy (non-hydrogen) atoms. The molecule has 6 heteroatoms. The summed E-state index contributed by atoms with van der Waals surface area (Å²) in [5.74, 6) is 1.83. The Balaban J connectivity index is 2.00. The minimum absolute atomic E-state index is 0.0711. The zero-order valence-electron chi connectivity index (χ0n) is 22.7. The van der Waals surface area contributed by atoms with E-state index in [4.69, 9.17) is 31.1 Å². The van der Waals surface area contributed by atoms with E-state index in [2.05, 4.69) is 41.5 Å². The van der Waals surface area contributed by atoms with Gasteiger partial charge in [-0.05, 0) is 47.2 Å². The number of hydrogen-bond acceptors (Lipinski definition) is 5. The summed E-state index contributed by atoms with van der Waals surface area (Å²) in [5.41, 5.74) is 4.54. The van der Waals surface area contributed by atoms with E-state index in [0.29, 0.717) is 33.8 Å². The smallest absolute Gasteiger partial charge is 0.186 e. The van der Waals surface area contributed by atoms with Crippen LogP contribution in [0.2, 0.25) is 5.02 Å². The fourth-order valence-corrected chi connectivity index (χ4v) is 4.60. The lowest BCUT2D eigenvalue weighted by Gasteiger charge is -2.31. The molecule has 2 aromatic rings. The Morgan fingerprint density at radius 1 is 0.757 bits per heavy atom. The third-order valence-corrected chi connectivity index (χ3v) is 6.74. The van der Waals surface area contributed by atoms with Gasteiger partial charge in [-0.2, -0.15) is 0 Å². The molecular weight excluding hydrogens is 484 g/mol. The van der Waals surface area contributed by atoms with E-state index in [9.17, 15) is 4.79 Å². The first-order chi connectivity index (χ1) is 17.3. The molecule has 0 unspecified atom stereocenters. The van der Waals surface area contributed by atoms with E-state index in [0.717, 1.165) is 27.8 Å². The molecule has 1 aliphatic heterocycles. The number of methoxy groups -OCH3 is 2. The average molecular weight is 517 g/mol. The summed E-state index contributed by atoms with van der Waals surface area (Å²) < 4.78 is 11.0. The summed E-state index contributed by atoms with van der Waals surface area (Å²) in [6.45, 7) is 12.3. The van der Waals surface area contributed by atoms with Gasteiger partial charge in [-0.25, -0.2) is 9.98 Å². The number of carbonyl (C=O) groups excluding carboxylic acids is 1. The van der Waals surface area contributed by atoms with Gasteiger partial charge in [0.05, 0.1) is 25.0 Å². The summed E-state index contributed by atoms with van der Waals surface area (Å²) in [6.07, 6.45) is 3.86. The number of allylic oxidation sites excluding steroid dienone is 5. The second kappa shape index (κ2) is 9.79. The molecular formula is C31H33ClN2O3. The minimum Gasteiger partial charge on any atom is -0.493 e. The van der Waals surface area contributed by atoms with Crippen molar-refractivity contribution in [2.45, 2.75) is 41.5 Å². The third kappa shape index (κ3) is 5.19. The van der Waals surface area contributed by atoms with Gasteiger partial charge in [-0.15, -0.1) is 0 Å². The van der Waals surface area contributed by atoms with Crippen LogP contribution in [0.1, 0.15) is 52.7 Å². The van der Waals surface area contributed by atoms with Crippen molar-refractivity contribution >= 4 is 28.8 Å². The van der Waals surface area contributed by atoms with Gasteiger partial charge in [0, 0.05) is 27.8 Å². The first-order valence-corrected chi connectivity index (χ1v) is 12.6. The Labute approximate surface area is 224 Å². The molecule has 0 atom stereocenters. The second-order valence-electron chi connectivity index (χ2n) is 11.2. The van der Waals surface area contributed by atoms with Crippen molar-refractivity contribution in [3.05, 3.63) is 93.3 Å². The van der Waals surface area contributed by atoms with E-state index < -0.39 is 0 Å². The van der Waals surface area contributed by atoms with Crippen LogP contribution < -0.4 is 9.47 Å². The monoisotopic (exact) mass is 516 g/mol. The fourth-order valence-electron chi connectivity index (χ4n) is 4.37. The zero-order chi connectivity index (χ0) is 27.1. The molecule has 0 radical (unpaired) electrons. The highest BCUT2D eigenvalue weighted by molar-refractivity contribution is 6.57. The van der Waals surface area contributed by atoms with Crippen molar-refractivity contribution in [2.75, 3.05) is 14.2 Å². The fraction of sp³-hybridized carbons (Fsp3) is 0.323. The molecule has 1 heterocycles. The molecule has 192 valence electrons. The summed E-state index contributed by atoms with van der Waals surface area (Å²) >= 11 is 6.62. The van der Waals surface area contributed by atoms with Gasteiger partial charge in [-0.3, -0.25) is 4.79 Å². The molecule has 1 aliphatic carbocycles. The molecule has 0 bridgehead atoms. The molecule has 0 saturated heterocycles. The van der Waals surface area contributed by atoms with Crippen LogP contribution in [0.25, 0.3) is 0 Å². The quantitative estimate of drug-likeness (QED) is 0.425. The maximum absolute atomic E-state index is 13.5. The predicted octanol–water partition coefficient (Wildman–Crippen LogP) is 7.39. The molecule has 0 saturated carbocycles. The molecule has 0 aromatic heterocycles. The van der Waals surface area contributed by atoms with Gasteiger partial charge in [0.1, 0.15) is 5.71 Å². The molecule has 0 N–H and O–H groups in total. The highest BCUT2D eigenvalue weighted by Crippen LogP contribution is 2.40. The van der Waals surface area contributed by atoms with Crippen molar-refractivity contribution in [1.29, 1.82) is 0 Å². The maximum atomic E-state index is 13.5. The topological polar surface area (TPSA) is 60.2 Å². The van der Waals surface area contributed by atoms with Gasteiger partial charge in [0.15, 0.2) is 23.1 Å². The maximum Gasteiger partial charge on any atom is 0.186 e. The first-order valence-electron chi connectivity index (χ1n) is 12.2. The van der Waals surface area contributed by atoms with Crippen LogP contribution in [0.15, 0.2) is 87.1 Å². The number of benzene rings is 2. The van der Waals surface area contributed by atoms with Gasteiger partial charge in [0.25, 0.3) is 0 Å². The molecule has 0 spiro atoms. The SMILES string of the molecule is COc1ccc(C2=NC(=C3C=C(C(C)(C)C)C(=O)C(C(C)(C)C)=C3)N=C2c2ccccc2Cl)cc1OC. The largest absolute Gasteiger partial charge is 0.493 e. The van der Waals surface area contributed by atoms with Crippen molar-refractivity contribution in [3.63, 3.8) is 0 Å². The van der Waals surface area contributed by atoms with E-state index >= 15 is 0 Å². The predicted molar refractivity (Wildman–Crippen MR) is 151 cm³/mol. The second-order valence-corrected chi connectivity index (χ2v) is 11.6. The Morgan fingerprint density at radius 2 is 1.32 bits per heavy atom. The Hall–Kier alpha value is -3.44. The Bertz CT molecular complexity index is 1390. The number of ketones is 1. The molecule has 0 fully saturated rings. The highest BCUT2D eigenvalue weighted by atomic mass is 35.5. The van der Waals surface area contributed by atoms with Gasteiger partial charge < -0.3 is 9.47 Å². The Kier molecular flexibility index (Phi) is 7.04. The molecule has 5 nitrogen and oxygen atoms in total. The van der Waals surface area contributed by atoms with E-state index in [-0.39, 0.29) is 16.6 Å². The normalized spacial score (nSPS) is 16.3. The van der Waals surface area contributed by atoms with Crippen LogP contribution in [0.3, 0.4) is 0 Å². The van der Waals surface area contributed by atoms with Crippen LogP contribution in [-0.2, 0) is 4.79 Å². The van der Waals surface area contributed by atoms with Gasteiger partial charge in [-0.1, -0.05) is 71.3 Å². The van der Waals surface area contributed by atoms with Gasteiger partial charge >= 0.3 is 0 Å². The summed E-state index contributed by atoms with van der Waals surface area (Å²) in [6, 6.07) is 13.2. The molecule has 2 aliphatic rings. The summed E-state index contributed by atoms with van der Waals surface area (Å²) in [4.78, 5) is 23.5. The zero-order valence-corrected chi connectivity index (χ0v) is 23.4. The van der Waals surface area contributed by atoms with Crippen LogP contribution in [-0.4, -0.2) is 31.4 Å². The van der Waals surface area contributed by atoms with E-state index in [1.54, 1.807) is 14.2 Å². The van der Waals surface area contributed by atoms with Crippen molar-refractivity contribution in [1.82, 2.24) is 0 Å². The standard InChI is InChI=1S/C31H33ClN2O3/c1-30(2,3)21-15-19(16-22(28(21)35)31(4,5)6)29-33-26(18-13-14-24(36-7)25(17-18)37-8)27(34-29)20-11-9-10-12-23(20)32/h9-17H,1-8H3. The average Bonchev–Trinajstić information content (AvgIpc) is 3.27. The number of carbonyl (C=O) groups is 1. The Morgan fingerprint density at radius 3 is 1.86 bits per heavy atom. The van der Waals surface area contributed by atoms with E-state index in [1.165, 1.54) is 0 Å². The summed E-state index contributed by atoms with van der Waals surface area (Å²) in [7, 11) is 3.21. The van der Waals surface area contributed by atoms with Crippen molar-refractivity contribution in [2.24, 2.45) is 20.8 Å². The minimum atomic E-state index is -0.336. The van der Waals surface area contributed by atoms with Crippen molar-refractivity contribution in [3.8, 4) is 11.5 Å². The lowest BCUT2D eigenvalue weighted by Crippen LogP contribution is -2.28. The van der Waals surface area contributed by atoms with Gasteiger partial charge in [0.2, 0.25) is 0 Å². The lowest BCUT2D eigenvalue weighted by molar-refractivity contribution is -0.114. The third-order valence-electron chi connectivity index (χ3n) is 6.41. The van der Waals surface area contributed by atoms with Crippen LogP contribution in [0.5, 0.6) is 11.5 Å².